The normalized spacial score (nSPS) is 13.3. The molecule has 1 atom stereocenters. The number of carbonyl (C=O) groups is 1. The number of nitrogens with zero attached hydrogens (tertiary/aromatic N) is 4. The Kier molecular flexibility index (Phi) is 6.26. The van der Waals surface area contributed by atoms with Gasteiger partial charge in [0.15, 0.2) is 0 Å². The molecule has 3 N–H and O–H groups in total. The van der Waals surface area contributed by atoms with E-state index in [2.05, 4.69) is 25.3 Å². The first-order chi connectivity index (χ1) is 16.4. The number of carboxylic acid groups (broad SMARTS) is 1. The van der Waals surface area contributed by atoms with Gasteiger partial charge in [0.05, 0.1) is 4.88 Å². The Labute approximate surface area is 201 Å². The summed E-state index contributed by atoms with van der Waals surface area (Å²) >= 11 is 1.21. The molecule has 1 aromatic carbocycles. The van der Waals surface area contributed by atoms with Crippen LogP contribution in [0.5, 0.6) is 0 Å². The van der Waals surface area contributed by atoms with Crippen molar-refractivity contribution in [2.75, 3.05) is 5.32 Å². The minimum absolute atomic E-state index is 0.145. The Morgan fingerprint density at radius 1 is 1.06 bits per heavy atom. The number of halogens is 3. The van der Waals surface area contributed by atoms with E-state index in [1.165, 1.54) is 36.6 Å². The smallest absolute Gasteiger partial charge is 0.433 e. The predicted octanol–water partition coefficient (Wildman–Crippen LogP) is 5.02. The number of aliphatic hydroxyl groups is 1. The van der Waals surface area contributed by atoms with E-state index >= 15 is 0 Å². The zero-order chi connectivity index (χ0) is 25.4. The molecule has 0 saturated carbocycles. The molecule has 35 heavy (non-hydrogen) atoms. The molecular formula is C23H18F3N5O3S. The van der Waals surface area contributed by atoms with Crippen LogP contribution in [0, 0.1) is 6.92 Å². The molecule has 0 fully saturated rings. The highest BCUT2D eigenvalue weighted by atomic mass is 32.1. The SMILES string of the molecule is Cc1cc(Nc2nccc(C(F)(F)F)n2)cc(-c2cnc(C(C)(O)c3ccc(C(=O)O)nc3)s2)c1. The van der Waals surface area contributed by atoms with Crippen molar-refractivity contribution in [1.29, 1.82) is 0 Å². The lowest BCUT2D eigenvalue weighted by molar-refractivity contribution is -0.141. The second-order valence-corrected chi connectivity index (χ2v) is 8.85. The van der Waals surface area contributed by atoms with Gasteiger partial charge in [-0.25, -0.2) is 24.7 Å². The first-order valence-corrected chi connectivity index (χ1v) is 10.9. The van der Waals surface area contributed by atoms with E-state index in [0.717, 1.165) is 23.4 Å². The third kappa shape index (κ3) is 5.28. The maximum atomic E-state index is 13.0. The van der Waals surface area contributed by atoms with Crippen molar-refractivity contribution in [2.24, 2.45) is 0 Å². The molecule has 0 aliphatic heterocycles. The number of rotatable bonds is 6. The third-order valence-corrected chi connectivity index (χ3v) is 6.29. The Bertz CT molecular complexity index is 1390. The van der Waals surface area contributed by atoms with Crippen LogP contribution in [0.15, 0.2) is 55.0 Å². The average Bonchev–Trinajstić information content (AvgIpc) is 3.30. The van der Waals surface area contributed by atoms with Crippen molar-refractivity contribution in [2.45, 2.75) is 25.6 Å². The number of nitrogens with one attached hydrogen (secondary N) is 1. The monoisotopic (exact) mass is 501 g/mol. The van der Waals surface area contributed by atoms with Gasteiger partial charge in [-0.1, -0.05) is 12.1 Å². The first-order valence-electron chi connectivity index (χ1n) is 10.1. The van der Waals surface area contributed by atoms with Gasteiger partial charge < -0.3 is 15.5 Å². The highest BCUT2D eigenvalue weighted by Gasteiger charge is 2.33. The summed E-state index contributed by atoms with van der Waals surface area (Å²) in [5.74, 6) is -1.37. The summed E-state index contributed by atoms with van der Waals surface area (Å²) in [4.78, 5) is 27.3. The molecule has 12 heteroatoms. The lowest BCUT2D eigenvalue weighted by Gasteiger charge is -2.20. The highest BCUT2D eigenvalue weighted by molar-refractivity contribution is 7.15. The lowest BCUT2D eigenvalue weighted by atomic mass is 9.98. The van der Waals surface area contributed by atoms with Crippen molar-refractivity contribution in [3.8, 4) is 10.4 Å². The van der Waals surface area contributed by atoms with E-state index < -0.39 is 23.4 Å². The molecule has 4 rings (SSSR count). The number of aromatic carboxylic acids is 1. The van der Waals surface area contributed by atoms with E-state index in [4.69, 9.17) is 5.11 Å². The van der Waals surface area contributed by atoms with Crippen LogP contribution in [0.25, 0.3) is 10.4 Å². The molecule has 0 aliphatic carbocycles. The zero-order valence-electron chi connectivity index (χ0n) is 18.3. The van der Waals surface area contributed by atoms with Gasteiger partial charge in [-0.2, -0.15) is 13.2 Å². The number of hydrogen-bond acceptors (Lipinski definition) is 8. The van der Waals surface area contributed by atoms with Crippen LogP contribution in [-0.2, 0) is 11.8 Å². The fourth-order valence-corrected chi connectivity index (χ4v) is 4.24. The van der Waals surface area contributed by atoms with Crippen LogP contribution in [0.1, 0.15) is 39.2 Å². The highest BCUT2D eigenvalue weighted by Crippen LogP contribution is 2.37. The van der Waals surface area contributed by atoms with Crippen LogP contribution >= 0.6 is 11.3 Å². The Morgan fingerprint density at radius 2 is 1.83 bits per heavy atom. The molecule has 3 heterocycles. The fraction of sp³-hybridized carbons (Fsp3) is 0.174. The van der Waals surface area contributed by atoms with Crippen molar-refractivity contribution < 1.29 is 28.2 Å². The summed E-state index contributed by atoms with van der Waals surface area (Å²) in [6.07, 6.45) is -0.692. The Morgan fingerprint density at radius 3 is 2.49 bits per heavy atom. The van der Waals surface area contributed by atoms with E-state index in [1.807, 2.05) is 13.0 Å². The van der Waals surface area contributed by atoms with Crippen LogP contribution in [-0.4, -0.2) is 36.1 Å². The number of aryl methyl sites for hydroxylation is 1. The number of pyridine rings is 1. The number of carboxylic acids is 1. The van der Waals surface area contributed by atoms with Crippen molar-refractivity contribution in [1.82, 2.24) is 19.9 Å². The minimum atomic E-state index is -4.59. The summed E-state index contributed by atoms with van der Waals surface area (Å²) in [5.41, 5.74) is -0.322. The van der Waals surface area contributed by atoms with Gasteiger partial charge in [0.2, 0.25) is 5.95 Å². The van der Waals surface area contributed by atoms with Crippen molar-refractivity contribution in [3.05, 3.63) is 82.5 Å². The summed E-state index contributed by atoms with van der Waals surface area (Å²) in [6.45, 7) is 3.36. The second kappa shape index (κ2) is 9.04. The maximum Gasteiger partial charge on any atom is 0.433 e. The zero-order valence-corrected chi connectivity index (χ0v) is 19.1. The number of hydrogen-bond donors (Lipinski definition) is 3. The fourth-order valence-electron chi connectivity index (χ4n) is 3.27. The molecule has 1 unspecified atom stereocenters. The number of aromatic nitrogens is 4. The molecule has 0 spiro atoms. The van der Waals surface area contributed by atoms with Gasteiger partial charge in [-0.05, 0) is 49.2 Å². The van der Waals surface area contributed by atoms with Crippen LogP contribution < -0.4 is 5.32 Å². The average molecular weight is 501 g/mol. The molecule has 0 radical (unpaired) electrons. The molecule has 0 amide bonds. The molecule has 3 aromatic heterocycles. The number of alkyl halides is 3. The van der Waals surface area contributed by atoms with Gasteiger partial charge in [0, 0.05) is 29.8 Å². The topological polar surface area (TPSA) is 121 Å². The Balaban J connectivity index is 1.61. The second-order valence-electron chi connectivity index (χ2n) is 7.82. The van der Waals surface area contributed by atoms with Crippen molar-refractivity contribution in [3.63, 3.8) is 0 Å². The van der Waals surface area contributed by atoms with Gasteiger partial charge in [-0.15, -0.1) is 11.3 Å². The summed E-state index contributed by atoms with van der Waals surface area (Å²) in [5, 5.41) is 23.3. The molecule has 4 aromatic rings. The van der Waals surface area contributed by atoms with E-state index in [9.17, 15) is 23.1 Å². The molecule has 0 bridgehead atoms. The molecule has 180 valence electrons. The summed E-state index contributed by atoms with van der Waals surface area (Å²) in [7, 11) is 0. The minimum Gasteiger partial charge on any atom is -0.477 e. The maximum absolute atomic E-state index is 13.0. The number of benzene rings is 1. The quantitative estimate of drug-likeness (QED) is 0.337. The molecular weight excluding hydrogens is 483 g/mol. The third-order valence-electron chi connectivity index (χ3n) is 5.03. The van der Waals surface area contributed by atoms with Crippen LogP contribution in [0.2, 0.25) is 0 Å². The molecule has 8 nitrogen and oxygen atoms in total. The number of anilines is 2. The molecule has 0 saturated heterocycles. The van der Waals surface area contributed by atoms with Gasteiger partial charge in [-0.3, -0.25) is 0 Å². The summed E-state index contributed by atoms with van der Waals surface area (Å²) in [6, 6.07) is 8.89. The summed E-state index contributed by atoms with van der Waals surface area (Å²) < 4.78 is 38.9. The number of thiazole rings is 1. The van der Waals surface area contributed by atoms with Gasteiger partial charge in [0.1, 0.15) is 22.0 Å². The molecule has 0 aliphatic rings. The largest absolute Gasteiger partial charge is 0.477 e. The standard InChI is InChI=1S/C23H18F3N5O3S/c1-12-7-13(9-15(8-12)30-21-27-6-5-18(31-21)23(24,25)26)17-11-29-20(35-17)22(2,34)14-3-4-16(19(32)33)28-10-14/h3-11,34H,1-2H3,(H,32,33)(H,27,30,31). The van der Waals surface area contributed by atoms with Crippen LogP contribution in [0.4, 0.5) is 24.8 Å². The van der Waals surface area contributed by atoms with E-state index in [0.29, 0.717) is 21.1 Å². The lowest BCUT2D eigenvalue weighted by Crippen LogP contribution is -2.23. The predicted molar refractivity (Wildman–Crippen MR) is 122 cm³/mol. The van der Waals surface area contributed by atoms with Gasteiger partial charge in [0.25, 0.3) is 0 Å². The van der Waals surface area contributed by atoms with E-state index in [-0.39, 0.29) is 11.6 Å². The van der Waals surface area contributed by atoms with Crippen LogP contribution in [0.3, 0.4) is 0 Å². The van der Waals surface area contributed by atoms with Crippen molar-refractivity contribution >= 4 is 28.9 Å². The first kappa shape index (κ1) is 24.2. The Hall–Kier alpha value is -3.90. The van der Waals surface area contributed by atoms with Gasteiger partial charge >= 0.3 is 12.1 Å². The van der Waals surface area contributed by atoms with E-state index in [1.54, 1.807) is 18.3 Å².